The average molecular weight is 225 g/mol. The van der Waals surface area contributed by atoms with E-state index in [1.165, 1.54) is 6.20 Å². The van der Waals surface area contributed by atoms with Crippen molar-refractivity contribution < 1.29 is 9.66 Å². The number of hydrogen-bond acceptors (Lipinski definition) is 5. The fourth-order valence-corrected chi connectivity index (χ4v) is 1.76. The molecule has 0 aromatic rings. The Balaban J connectivity index is 2.16. The number of rotatable bonds is 3. The second-order valence-corrected chi connectivity index (χ2v) is 4.29. The van der Waals surface area contributed by atoms with Crippen molar-refractivity contribution >= 4 is 5.84 Å². The van der Waals surface area contributed by atoms with E-state index in [-0.39, 0.29) is 18.0 Å². The standard InChI is InChI=1S/C10H15N3O3/c1-12(2)9-8(16-7-3-4-7)5-6-11-10(9)13(14)15/h5-9H,3-4H2,1-2H3. The van der Waals surface area contributed by atoms with E-state index in [2.05, 4.69) is 4.99 Å². The van der Waals surface area contributed by atoms with Gasteiger partial charge in [0.05, 0.1) is 6.10 Å². The highest BCUT2D eigenvalue weighted by Crippen LogP contribution is 2.28. The lowest BCUT2D eigenvalue weighted by Crippen LogP contribution is -2.49. The highest BCUT2D eigenvalue weighted by molar-refractivity contribution is 5.82. The van der Waals surface area contributed by atoms with E-state index in [1.54, 1.807) is 25.1 Å². The summed E-state index contributed by atoms with van der Waals surface area (Å²) in [5.41, 5.74) is 0. The fourth-order valence-electron chi connectivity index (χ4n) is 1.76. The number of hydrogen-bond donors (Lipinski definition) is 0. The zero-order valence-corrected chi connectivity index (χ0v) is 9.37. The molecule has 0 bridgehead atoms. The molecule has 0 amide bonds. The summed E-state index contributed by atoms with van der Waals surface area (Å²) in [7, 11) is 3.60. The summed E-state index contributed by atoms with van der Waals surface area (Å²) in [6.45, 7) is 0. The molecule has 0 aromatic carbocycles. The predicted molar refractivity (Wildman–Crippen MR) is 58.9 cm³/mol. The maximum absolute atomic E-state index is 10.9. The van der Waals surface area contributed by atoms with Crippen molar-refractivity contribution in [2.45, 2.75) is 31.1 Å². The molecule has 1 aliphatic heterocycles. The quantitative estimate of drug-likeness (QED) is 0.523. The topological polar surface area (TPSA) is 68.0 Å². The minimum Gasteiger partial charge on any atom is -0.368 e. The minimum absolute atomic E-state index is 0.0434. The SMILES string of the molecule is CN(C)C1C([N+](=O)[O-])=NC=CC1OC1CC1. The summed E-state index contributed by atoms with van der Waals surface area (Å²) >= 11 is 0. The molecule has 0 N–H and O–H groups in total. The molecular weight excluding hydrogens is 210 g/mol. The molecule has 2 unspecified atom stereocenters. The second kappa shape index (κ2) is 4.31. The van der Waals surface area contributed by atoms with Gasteiger partial charge in [-0.15, -0.1) is 0 Å². The van der Waals surface area contributed by atoms with Crippen LogP contribution in [0, 0.1) is 10.1 Å². The lowest BCUT2D eigenvalue weighted by Gasteiger charge is -2.28. The summed E-state index contributed by atoms with van der Waals surface area (Å²) in [5, 5.41) is 10.9. The highest BCUT2D eigenvalue weighted by atomic mass is 16.6. The van der Waals surface area contributed by atoms with Crippen molar-refractivity contribution in [2.24, 2.45) is 4.99 Å². The third kappa shape index (κ3) is 2.28. The average Bonchev–Trinajstić information content (AvgIpc) is 3.00. The van der Waals surface area contributed by atoms with Gasteiger partial charge in [0, 0.05) is 0 Å². The Morgan fingerprint density at radius 1 is 1.56 bits per heavy atom. The summed E-state index contributed by atoms with van der Waals surface area (Å²) in [6.07, 6.45) is 5.36. The van der Waals surface area contributed by atoms with Crippen LogP contribution in [-0.4, -0.2) is 48.0 Å². The summed E-state index contributed by atoms with van der Waals surface area (Å²) in [6, 6.07) is -0.402. The van der Waals surface area contributed by atoms with Crippen LogP contribution < -0.4 is 0 Å². The Morgan fingerprint density at radius 3 is 2.75 bits per heavy atom. The summed E-state index contributed by atoms with van der Waals surface area (Å²) < 4.78 is 5.74. The van der Waals surface area contributed by atoms with E-state index in [0.717, 1.165) is 12.8 Å². The molecular formula is C10H15N3O3. The van der Waals surface area contributed by atoms with Gasteiger partial charge in [0.15, 0.2) is 0 Å². The zero-order valence-electron chi connectivity index (χ0n) is 9.37. The molecule has 1 heterocycles. The molecule has 6 heteroatoms. The van der Waals surface area contributed by atoms with Crippen LogP contribution in [-0.2, 0) is 4.74 Å². The van der Waals surface area contributed by atoms with Gasteiger partial charge in [-0.2, -0.15) is 0 Å². The van der Waals surface area contributed by atoms with Gasteiger partial charge < -0.3 is 14.9 Å². The van der Waals surface area contributed by atoms with Gasteiger partial charge in [0.25, 0.3) is 0 Å². The van der Waals surface area contributed by atoms with Gasteiger partial charge in [-0.05, 0) is 42.9 Å². The summed E-state index contributed by atoms with van der Waals surface area (Å²) in [5.74, 6) is -0.0434. The number of amidine groups is 1. The van der Waals surface area contributed by atoms with Gasteiger partial charge in [0.1, 0.15) is 18.3 Å². The van der Waals surface area contributed by atoms with E-state index >= 15 is 0 Å². The first kappa shape index (κ1) is 11.2. The Kier molecular flexibility index (Phi) is 3.02. The molecule has 0 spiro atoms. The molecule has 2 rings (SSSR count). The normalized spacial score (nSPS) is 29.3. The maximum Gasteiger partial charge on any atom is 0.358 e. The van der Waals surface area contributed by atoms with Crippen molar-refractivity contribution in [2.75, 3.05) is 14.1 Å². The monoisotopic (exact) mass is 225 g/mol. The first-order chi connectivity index (χ1) is 7.59. The Morgan fingerprint density at radius 2 is 2.25 bits per heavy atom. The molecule has 16 heavy (non-hydrogen) atoms. The molecule has 2 atom stereocenters. The van der Waals surface area contributed by atoms with Crippen LogP contribution in [0.4, 0.5) is 0 Å². The number of nitro groups is 1. The van der Waals surface area contributed by atoms with Gasteiger partial charge in [-0.1, -0.05) is 0 Å². The van der Waals surface area contributed by atoms with E-state index < -0.39 is 11.0 Å². The second-order valence-electron chi connectivity index (χ2n) is 4.29. The van der Waals surface area contributed by atoms with E-state index in [9.17, 15) is 10.1 Å². The van der Waals surface area contributed by atoms with Crippen molar-refractivity contribution in [3.05, 3.63) is 22.4 Å². The first-order valence-electron chi connectivity index (χ1n) is 5.30. The third-order valence-corrected chi connectivity index (χ3v) is 2.68. The Bertz CT molecular complexity index is 347. The fraction of sp³-hybridized carbons (Fsp3) is 0.700. The van der Waals surface area contributed by atoms with Crippen LogP contribution in [0.5, 0.6) is 0 Å². The predicted octanol–water partition coefficient (Wildman–Crippen LogP) is 0.667. The smallest absolute Gasteiger partial charge is 0.358 e. The number of aliphatic imine (C=N–C) groups is 1. The lowest BCUT2D eigenvalue weighted by atomic mass is 10.1. The molecule has 88 valence electrons. The van der Waals surface area contributed by atoms with E-state index in [0.29, 0.717) is 0 Å². The molecule has 1 aliphatic carbocycles. The van der Waals surface area contributed by atoms with E-state index in [4.69, 9.17) is 4.74 Å². The van der Waals surface area contributed by atoms with Crippen molar-refractivity contribution in [1.82, 2.24) is 4.90 Å². The molecule has 0 aromatic heterocycles. The minimum atomic E-state index is -0.433. The Hall–Kier alpha value is -1.27. The van der Waals surface area contributed by atoms with Crippen molar-refractivity contribution in [1.29, 1.82) is 0 Å². The molecule has 1 saturated carbocycles. The highest BCUT2D eigenvalue weighted by Gasteiger charge is 2.40. The third-order valence-electron chi connectivity index (χ3n) is 2.68. The molecule has 6 nitrogen and oxygen atoms in total. The Labute approximate surface area is 93.7 Å². The lowest BCUT2D eigenvalue weighted by molar-refractivity contribution is -0.358. The van der Waals surface area contributed by atoms with Gasteiger partial charge in [-0.25, -0.2) is 0 Å². The number of likely N-dealkylation sites (N-methyl/N-ethyl adjacent to an activating group) is 1. The number of nitrogens with zero attached hydrogens (tertiary/aromatic N) is 3. The van der Waals surface area contributed by atoms with Crippen LogP contribution >= 0.6 is 0 Å². The molecule has 0 radical (unpaired) electrons. The van der Waals surface area contributed by atoms with Crippen LogP contribution in [0.15, 0.2) is 17.3 Å². The molecule has 2 aliphatic rings. The number of ether oxygens (including phenoxy) is 1. The van der Waals surface area contributed by atoms with Crippen molar-refractivity contribution in [3.8, 4) is 0 Å². The van der Waals surface area contributed by atoms with Crippen LogP contribution in [0.25, 0.3) is 0 Å². The van der Waals surface area contributed by atoms with Gasteiger partial charge in [-0.3, -0.25) is 4.90 Å². The first-order valence-corrected chi connectivity index (χ1v) is 5.30. The maximum atomic E-state index is 10.9. The molecule has 0 saturated heterocycles. The zero-order chi connectivity index (χ0) is 11.7. The van der Waals surface area contributed by atoms with E-state index in [1.807, 2.05) is 0 Å². The van der Waals surface area contributed by atoms with Crippen LogP contribution in [0.3, 0.4) is 0 Å². The largest absolute Gasteiger partial charge is 0.368 e. The molecule has 1 fully saturated rings. The van der Waals surface area contributed by atoms with Crippen molar-refractivity contribution in [3.63, 3.8) is 0 Å². The van der Waals surface area contributed by atoms with Gasteiger partial charge in [0.2, 0.25) is 0 Å². The van der Waals surface area contributed by atoms with Crippen LogP contribution in [0.2, 0.25) is 0 Å². The summed E-state index contributed by atoms with van der Waals surface area (Å²) in [4.78, 5) is 16.0. The van der Waals surface area contributed by atoms with Crippen LogP contribution in [0.1, 0.15) is 12.8 Å². The van der Waals surface area contributed by atoms with Gasteiger partial charge >= 0.3 is 5.84 Å².